The lowest BCUT2D eigenvalue weighted by atomic mass is 10.2. The Balaban J connectivity index is 2.05. The molecule has 2 rings (SSSR count). The van der Waals surface area contributed by atoms with Crippen LogP contribution < -0.4 is 5.32 Å². The number of thioether (sulfide) groups is 1. The van der Waals surface area contributed by atoms with Crippen LogP contribution in [0.5, 0.6) is 0 Å². The summed E-state index contributed by atoms with van der Waals surface area (Å²) in [5.74, 6) is -0.208. The third kappa shape index (κ3) is 3.13. The summed E-state index contributed by atoms with van der Waals surface area (Å²) in [6.07, 6.45) is 0. The molecule has 0 aliphatic rings. The Kier molecular flexibility index (Phi) is 4.32. The van der Waals surface area contributed by atoms with Gasteiger partial charge in [0.15, 0.2) is 0 Å². The lowest BCUT2D eigenvalue weighted by Crippen LogP contribution is -2.23. The molecule has 7 nitrogen and oxygen atoms in total. The van der Waals surface area contributed by atoms with Crippen molar-refractivity contribution in [1.29, 1.82) is 5.26 Å². The number of aromatic nitrogens is 4. The number of carbonyl (C=O) groups excluding carboxylic acids is 1. The fourth-order valence-electron chi connectivity index (χ4n) is 1.46. The number of para-hydroxylation sites is 1. The Morgan fingerprint density at radius 1 is 1.50 bits per heavy atom. The van der Waals surface area contributed by atoms with Crippen molar-refractivity contribution in [1.82, 2.24) is 20.2 Å². The molecule has 1 aromatic heterocycles. The molecule has 0 aliphatic carbocycles. The molecule has 1 atom stereocenters. The molecule has 1 heterocycles. The number of amides is 1. The second-order valence-corrected chi connectivity index (χ2v) is 5.30. The number of aryl methyl sites for hydroxylation is 1. The van der Waals surface area contributed by atoms with Crippen molar-refractivity contribution in [2.45, 2.75) is 17.3 Å². The van der Waals surface area contributed by atoms with E-state index in [-0.39, 0.29) is 11.2 Å². The van der Waals surface area contributed by atoms with Crippen molar-refractivity contribution in [2.75, 3.05) is 5.32 Å². The van der Waals surface area contributed by atoms with Gasteiger partial charge in [-0.3, -0.25) is 4.79 Å². The van der Waals surface area contributed by atoms with Gasteiger partial charge in [0.25, 0.3) is 0 Å². The average Bonchev–Trinajstić information content (AvgIpc) is 2.84. The lowest BCUT2D eigenvalue weighted by Gasteiger charge is -2.11. The highest BCUT2D eigenvalue weighted by Gasteiger charge is 2.18. The van der Waals surface area contributed by atoms with Crippen LogP contribution >= 0.6 is 11.8 Å². The lowest BCUT2D eigenvalue weighted by molar-refractivity contribution is -0.115. The van der Waals surface area contributed by atoms with Crippen LogP contribution in [0.2, 0.25) is 0 Å². The molecule has 0 aliphatic heterocycles. The minimum absolute atomic E-state index is 0.208. The van der Waals surface area contributed by atoms with Gasteiger partial charge in [-0.1, -0.05) is 23.9 Å². The largest absolute Gasteiger partial charge is 0.324 e. The zero-order valence-electron chi connectivity index (χ0n) is 10.9. The molecule has 0 spiro atoms. The smallest absolute Gasteiger partial charge is 0.237 e. The fraction of sp³-hybridized carbons (Fsp3) is 0.250. The summed E-state index contributed by atoms with van der Waals surface area (Å²) in [5.41, 5.74) is 0.932. The normalized spacial score (nSPS) is 11.7. The van der Waals surface area contributed by atoms with Crippen molar-refractivity contribution in [3.8, 4) is 6.07 Å². The number of nitriles is 1. The zero-order valence-corrected chi connectivity index (χ0v) is 11.8. The van der Waals surface area contributed by atoms with Crippen LogP contribution in [0.1, 0.15) is 12.5 Å². The maximum Gasteiger partial charge on any atom is 0.237 e. The molecule has 2 aromatic rings. The van der Waals surface area contributed by atoms with Gasteiger partial charge in [0, 0.05) is 7.05 Å². The minimum atomic E-state index is -0.383. The highest BCUT2D eigenvalue weighted by Crippen LogP contribution is 2.21. The predicted molar refractivity (Wildman–Crippen MR) is 73.9 cm³/mol. The second-order valence-electron chi connectivity index (χ2n) is 3.99. The van der Waals surface area contributed by atoms with E-state index >= 15 is 0 Å². The Hall–Kier alpha value is -2.40. The van der Waals surface area contributed by atoms with E-state index in [0.717, 1.165) is 0 Å². The molecule has 0 bridgehead atoms. The van der Waals surface area contributed by atoms with Gasteiger partial charge in [-0.2, -0.15) is 5.26 Å². The Morgan fingerprint density at radius 3 is 2.90 bits per heavy atom. The maximum absolute atomic E-state index is 12.1. The third-order valence-corrected chi connectivity index (χ3v) is 3.66. The van der Waals surface area contributed by atoms with E-state index in [1.807, 2.05) is 6.07 Å². The first-order chi connectivity index (χ1) is 9.61. The number of benzene rings is 1. The molecule has 1 N–H and O–H groups in total. The summed E-state index contributed by atoms with van der Waals surface area (Å²) in [6.45, 7) is 1.75. The summed E-state index contributed by atoms with van der Waals surface area (Å²) in [7, 11) is 1.71. The van der Waals surface area contributed by atoms with Crippen LogP contribution in [0.15, 0.2) is 29.4 Å². The Bertz CT molecular complexity index is 662. The first-order valence-electron chi connectivity index (χ1n) is 5.81. The summed E-state index contributed by atoms with van der Waals surface area (Å²) >= 11 is 1.25. The van der Waals surface area contributed by atoms with Crippen molar-refractivity contribution in [3.63, 3.8) is 0 Å². The topological polar surface area (TPSA) is 96.5 Å². The first-order valence-corrected chi connectivity index (χ1v) is 6.69. The van der Waals surface area contributed by atoms with Gasteiger partial charge in [-0.05, 0) is 29.5 Å². The van der Waals surface area contributed by atoms with E-state index in [0.29, 0.717) is 16.4 Å². The number of carbonyl (C=O) groups is 1. The molecule has 1 aromatic carbocycles. The van der Waals surface area contributed by atoms with E-state index in [1.165, 1.54) is 16.4 Å². The van der Waals surface area contributed by atoms with Gasteiger partial charge >= 0.3 is 0 Å². The molecule has 8 heteroatoms. The van der Waals surface area contributed by atoms with Gasteiger partial charge in [0.2, 0.25) is 11.1 Å². The van der Waals surface area contributed by atoms with Crippen LogP contribution in [-0.4, -0.2) is 31.4 Å². The van der Waals surface area contributed by atoms with Crippen molar-refractivity contribution >= 4 is 23.4 Å². The maximum atomic E-state index is 12.1. The molecule has 1 amide bonds. The van der Waals surface area contributed by atoms with Gasteiger partial charge in [-0.15, -0.1) is 5.10 Å². The number of nitrogens with zero attached hydrogens (tertiary/aromatic N) is 5. The first kappa shape index (κ1) is 14.0. The molecule has 102 valence electrons. The van der Waals surface area contributed by atoms with Crippen LogP contribution in [0.25, 0.3) is 0 Å². The molecule has 0 saturated heterocycles. The molecule has 0 radical (unpaired) electrons. The number of hydrogen-bond donors (Lipinski definition) is 1. The van der Waals surface area contributed by atoms with E-state index in [2.05, 4.69) is 20.8 Å². The summed E-state index contributed by atoms with van der Waals surface area (Å²) in [4.78, 5) is 12.1. The number of anilines is 1. The molecule has 0 unspecified atom stereocenters. The number of tetrazole rings is 1. The van der Waals surface area contributed by atoms with Gasteiger partial charge in [0.05, 0.1) is 16.5 Å². The Morgan fingerprint density at radius 2 is 2.25 bits per heavy atom. The molecular formula is C12H12N6OS. The van der Waals surface area contributed by atoms with E-state index < -0.39 is 0 Å². The molecular weight excluding hydrogens is 276 g/mol. The third-order valence-electron chi connectivity index (χ3n) is 2.54. The zero-order chi connectivity index (χ0) is 14.5. The highest BCUT2D eigenvalue weighted by molar-refractivity contribution is 8.00. The fourth-order valence-corrected chi connectivity index (χ4v) is 2.21. The van der Waals surface area contributed by atoms with E-state index in [4.69, 9.17) is 5.26 Å². The predicted octanol–water partition coefficient (Wildman–Crippen LogP) is 1.20. The number of rotatable bonds is 4. The van der Waals surface area contributed by atoms with Crippen LogP contribution in [0.3, 0.4) is 0 Å². The standard InChI is InChI=1S/C12H12N6OS/c1-8(20-12-15-16-17-18(12)2)11(19)14-10-6-4-3-5-9(10)7-13/h3-6,8H,1-2H3,(H,14,19)/t8-/m0/s1. The van der Waals surface area contributed by atoms with Crippen LogP contribution in [-0.2, 0) is 11.8 Å². The summed E-state index contributed by atoms with van der Waals surface area (Å²) in [6, 6.07) is 8.89. The van der Waals surface area contributed by atoms with E-state index in [9.17, 15) is 4.79 Å². The number of hydrogen-bond acceptors (Lipinski definition) is 6. The van der Waals surface area contributed by atoms with Crippen LogP contribution in [0, 0.1) is 11.3 Å². The Labute approximate surface area is 120 Å². The van der Waals surface area contributed by atoms with Gasteiger partial charge < -0.3 is 5.32 Å². The highest BCUT2D eigenvalue weighted by atomic mass is 32.2. The number of nitrogens with one attached hydrogen (secondary N) is 1. The summed E-state index contributed by atoms with van der Waals surface area (Å²) < 4.78 is 1.50. The minimum Gasteiger partial charge on any atom is -0.324 e. The second kappa shape index (κ2) is 6.16. The van der Waals surface area contributed by atoms with Crippen LogP contribution in [0.4, 0.5) is 5.69 Å². The molecule has 0 fully saturated rings. The van der Waals surface area contributed by atoms with Gasteiger partial charge in [-0.25, -0.2) is 4.68 Å². The molecule has 20 heavy (non-hydrogen) atoms. The van der Waals surface area contributed by atoms with Crippen molar-refractivity contribution < 1.29 is 4.79 Å². The SMILES string of the molecule is C[C@H](Sc1nnnn1C)C(=O)Nc1ccccc1C#N. The quantitative estimate of drug-likeness (QED) is 0.849. The average molecular weight is 288 g/mol. The van der Waals surface area contributed by atoms with E-state index in [1.54, 1.807) is 38.2 Å². The van der Waals surface area contributed by atoms with Crippen molar-refractivity contribution in [2.24, 2.45) is 7.05 Å². The van der Waals surface area contributed by atoms with Gasteiger partial charge in [0.1, 0.15) is 6.07 Å². The molecule has 0 saturated carbocycles. The monoisotopic (exact) mass is 288 g/mol. The van der Waals surface area contributed by atoms with Crippen molar-refractivity contribution in [3.05, 3.63) is 29.8 Å². The summed E-state index contributed by atoms with van der Waals surface area (Å²) in [5, 5.41) is 22.9.